The Balaban J connectivity index is 3.38. The van der Waals surface area contributed by atoms with Crippen LogP contribution >= 0.6 is 0 Å². The van der Waals surface area contributed by atoms with Gasteiger partial charge in [0.25, 0.3) is 0 Å². The van der Waals surface area contributed by atoms with Crippen LogP contribution in [0.25, 0.3) is 0 Å². The minimum absolute atomic E-state index is 0.0341. The molecule has 0 amide bonds. The van der Waals surface area contributed by atoms with Gasteiger partial charge < -0.3 is 9.47 Å². The quantitative estimate of drug-likeness (QED) is 0.753. The van der Waals surface area contributed by atoms with Gasteiger partial charge in [-0.05, 0) is 22.1 Å². The number of hydrogen-bond acceptors (Lipinski definition) is 3. The molecule has 1 aromatic carbocycles. The Labute approximate surface area is 109 Å². The third-order valence-electron chi connectivity index (χ3n) is 2.93. The van der Waals surface area contributed by atoms with Gasteiger partial charge in [0, 0.05) is 19.8 Å². The first-order valence-electron chi connectivity index (χ1n) is 6.03. The summed E-state index contributed by atoms with van der Waals surface area (Å²) in [6.07, 6.45) is 0.884. The molecular formula is C15H22O3. The van der Waals surface area contributed by atoms with Crippen LogP contribution < -0.4 is 0 Å². The van der Waals surface area contributed by atoms with Crippen molar-refractivity contribution in [2.45, 2.75) is 39.4 Å². The maximum absolute atomic E-state index is 11.2. The monoisotopic (exact) mass is 250 g/mol. The van der Waals surface area contributed by atoms with Crippen molar-refractivity contribution in [1.82, 2.24) is 0 Å². The highest BCUT2D eigenvalue weighted by molar-refractivity contribution is 5.80. The second-order valence-electron chi connectivity index (χ2n) is 5.44. The van der Waals surface area contributed by atoms with E-state index in [1.165, 1.54) is 5.56 Å². The molecule has 0 aliphatic rings. The molecule has 0 saturated heterocycles. The van der Waals surface area contributed by atoms with Gasteiger partial charge in [-0.2, -0.15) is 0 Å². The summed E-state index contributed by atoms with van der Waals surface area (Å²) >= 11 is 0. The number of carbonyl (C=O) groups excluding carboxylic acids is 1. The highest BCUT2D eigenvalue weighted by Crippen LogP contribution is 2.27. The molecule has 0 N–H and O–H groups in total. The highest BCUT2D eigenvalue weighted by Gasteiger charge is 2.18. The van der Waals surface area contributed by atoms with Crippen molar-refractivity contribution < 1.29 is 14.3 Å². The van der Waals surface area contributed by atoms with E-state index < -0.39 is 0 Å². The Hall–Kier alpha value is -1.19. The molecule has 0 spiro atoms. The van der Waals surface area contributed by atoms with Gasteiger partial charge in [-0.1, -0.05) is 32.9 Å². The number of benzene rings is 1. The molecule has 3 nitrogen and oxygen atoms in total. The zero-order valence-corrected chi connectivity index (χ0v) is 11.9. The number of methoxy groups -OCH3 is 2. The summed E-state index contributed by atoms with van der Waals surface area (Å²) in [6, 6.07) is 4.10. The summed E-state index contributed by atoms with van der Waals surface area (Å²) in [5.41, 5.74) is 3.75. The van der Waals surface area contributed by atoms with Crippen LogP contribution in [0.2, 0.25) is 0 Å². The molecule has 3 heteroatoms. The van der Waals surface area contributed by atoms with Crippen molar-refractivity contribution in [3.8, 4) is 0 Å². The Bertz CT molecular complexity index is 389. The molecule has 0 atom stereocenters. The first-order valence-corrected chi connectivity index (χ1v) is 6.03. The molecule has 0 radical (unpaired) electrons. The maximum atomic E-state index is 11.2. The van der Waals surface area contributed by atoms with Crippen LogP contribution in [0.4, 0.5) is 0 Å². The third kappa shape index (κ3) is 3.40. The Morgan fingerprint density at radius 2 is 1.50 bits per heavy atom. The van der Waals surface area contributed by atoms with Gasteiger partial charge in [0.05, 0.1) is 13.2 Å². The van der Waals surface area contributed by atoms with Crippen molar-refractivity contribution in [2.75, 3.05) is 14.2 Å². The van der Waals surface area contributed by atoms with E-state index in [9.17, 15) is 4.79 Å². The predicted octanol–water partition coefficient (Wildman–Crippen LogP) is 3.09. The van der Waals surface area contributed by atoms with Crippen molar-refractivity contribution in [3.05, 3.63) is 34.4 Å². The van der Waals surface area contributed by atoms with Crippen LogP contribution in [-0.2, 0) is 28.1 Å². The fourth-order valence-corrected chi connectivity index (χ4v) is 1.91. The van der Waals surface area contributed by atoms with Gasteiger partial charge in [-0.3, -0.25) is 4.79 Å². The molecule has 100 valence electrons. The van der Waals surface area contributed by atoms with Crippen LogP contribution in [0, 0.1) is 0 Å². The zero-order chi connectivity index (χ0) is 13.8. The van der Waals surface area contributed by atoms with Crippen LogP contribution in [-0.4, -0.2) is 20.5 Å². The molecule has 1 aromatic rings. The van der Waals surface area contributed by atoms with Crippen LogP contribution in [0.1, 0.15) is 47.8 Å². The molecule has 1 rings (SSSR count). The number of ether oxygens (including phenoxy) is 2. The lowest BCUT2D eigenvalue weighted by Crippen LogP contribution is -2.14. The molecule has 0 aromatic heterocycles. The first-order chi connectivity index (χ1) is 8.43. The number of rotatable bonds is 5. The normalized spacial score (nSPS) is 11.6. The molecule has 0 fully saturated rings. The lowest BCUT2D eigenvalue weighted by atomic mass is 9.83. The fraction of sp³-hybridized carbons (Fsp3) is 0.533. The SMILES string of the molecule is COCc1cc(C(C)(C)C)cc(COC)c1C=O. The van der Waals surface area contributed by atoms with E-state index in [-0.39, 0.29) is 5.41 Å². The first kappa shape index (κ1) is 14.9. The fourth-order valence-electron chi connectivity index (χ4n) is 1.91. The summed E-state index contributed by atoms with van der Waals surface area (Å²) in [6.45, 7) is 7.33. The van der Waals surface area contributed by atoms with Gasteiger partial charge in [-0.15, -0.1) is 0 Å². The molecule has 0 saturated carbocycles. The lowest BCUT2D eigenvalue weighted by Gasteiger charge is -2.22. The van der Waals surface area contributed by atoms with E-state index >= 15 is 0 Å². The van der Waals surface area contributed by atoms with E-state index in [2.05, 4.69) is 20.8 Å². The smallest absolute Gasteiger partial charge is 0.150 e. The molecule has 0 heterocycles. The molecule has 0 bridgehead atoms. The molecule has 0 unspecified atom stereocenters. The van der Waals surface area contributed by atoms with Gasteiger partial charge in [-0.25, -0.2) is 0 Å². The maximum Gasteiger partial charge on any atom is 0.150 e. The van der Waals surface area contributed by atoms with Gasteiger partial charge in [0.1, 0.15) is 0 Å². The van der Waals surface area contributed by atoms with Crippen molar-refractivity contribution in [3.63, 3.8) is 0 Å². The van der Waals surface area contributed by atoms with Gasteiger partial charge in [0.2, 0.25) is 0 Å². The van der Waals surface area contributed by atoms with E-state index in [4.69, 9.17) is 9.47 Å². The Kier molecular flexibility index (Phi) is 5.05. The zero-order valence-electron chi connectivity index (χ0n) is 11.9. The third-order valence-corrected chi connectivity index (χ3v) is 2.93. The summed E-state index contributed by atoms with van der Waals surface area (Å²) in [4.78, 5) is 11.2. The van der Waals surface area contributed by atoms with Crippen molar-refractivity contribution in [1.29, 1.82) is 0 Å². The van der Waals surface area contributed by atoms with E-state index in [1.54, 1.807) is 14.2 Å². The standard InChI is InChI=1S/C15H22O3/c1-15(2,3)13-6-11(9-17-4)14(8-16)12(7-13)10-18-5/h6-8H,9-10H2,1-5H3. The predicted molar refractivity (Wildman–Crippen MR) is 72.0 cm³/mol. The second-order valence-corrected chi connectivity index (χ2v) is 5.44. The van der Waals surface area contributed by atoms with Crippen LogP contribution in [0.3, 0.4) is 0 Å². The van der Waals surface area contributed by atoms with Crippen molar-refractivity contribution in [2.24, 2.45) is 0 Å². The lowest BCUT2D eigenvalue weighted by molar-refractivity contribution is 0.111. The summed E-state index contributed by atoms with van der Waals surface area (Å²) in [5.74, 6) is 0. The minimum Gasteiger partial charge on any atom is -0.380 e. The highest BCUT2D eigenvalue weighted by atomic mass is 16.5. The largest absolute Gasteiger partial charge is 0.380 e. The Morgan fingerprint density at radius 3 is 1.78 bits per heavy atom. The van der Waals surface area contributed by atoms with Crippen LogP contribution in [0.15, 0.2) is 12.1 Å². The minimum atomic E-state index is 0.0341. The van der Waals surface area contributed by atoms with Gasteiger partial charge in [0.15, 0.2) is 6.29 Å². The molecular weight excluding hydrogens is 228 g/mol. The summed E-state index contributed by atoms with van der Waals surface area (Å²) in [5, 5.41) is 0. The van der Waals surface area contributed by atoms with E-state index in [1.807, 2.05) is 12.1 Å². The number of hydrogen-bond donors (Lipinski definition) is 0. The summed E-state index contributed by atoms with van der Waals surface area (Å²) < 4.78 is 10.3. The Morgan fingerprint density at radius 1 is 1.06 bits per heavy atom. The molecule has 0 aliphatic heterocycles. The van der Waals surface area contributed by atoms with Gasteiger partial charge >= 0.3 is 0 Å². The number of aldehydes is 1. The van der Waals surface area contributed by atoms with Crippen molar-refractivity contribution >= 4 is 6.29 Å². The molecule has 0 aliphatic carbocycles. The summed E-state index contributed by atoms with van der Waals surface area (Å²) in [7, 11) is 3.27. The second kappa shape index (κ2) is 6.12. The molecule has 18 heavy (non-hydrogen) atoms. The van der Waals surface area contributed by atoms with E-state index in [0.717, 1.165) is 17.4 Å². The number of carbonyl (C=O) groups is 1. The average Bonchev–Trinajstić information content (AvgIpc) is 2.28. The average molecular weight is 250 g/mol. The topological polar surface area (TPSA) is 35.5 Å². The van der Waals surface area contributed by atoms with E-state index in [0.29, 0.717) is 18.8 Å². The van der Waals surface area contributed by atoms with Crippen LogP contribution in [0.5, 0.6) is 0 Å².